The zero-order valence-electron chi connectivity index (χ0n) is 8.54. The summed E-state index contributed by atoms with van der Waals surface area (Å²) in [4.78, 5) is 11.1. The Labute approximate surface area is 84.1 Å². The van der Waals surface area contributed by atoms with E-state index in [1.807, 2.05) is 38.1 Å². The third-order valence-corrected chi connectivity index (χ3v) is 1.83. The van der Waals surface area contributed by atoms with Gasteiger partial charge >= 0.3 is 0 Å². The minimum Gasteiger partial charge on any atom is -0.484 e. The Kier molecular flexibility index (Phi) is 3.98. The number of amides is 1. The van der Waals surface area contributed by atoms with Gasteiger partial charge in [-0.05, 0) is 25.5 Å². The quantitative estimate of drug-likeness (QED) is 0.787. The lowest BCUT2D eigenvalue weighted by molar-refractivity contribution is -0.122. The summed E-state index contributed by atoms with van der Waals surface area (Å²) in [5.41, 5.74) is 1.04. The molecular formula is C11H15NO2. The second-order valence-electron chi connectivity index (χ2n) is 3.01. The standard InChI is InChI=1S/C11H15NO2/c1-3-12-11(13)8-14-10-7-5-4-6-9(10)2/h4-7H,3,8H2,1-2H3,(H,12,13). The van der Waals surface area contributed by atoms with Crippen LogP contribution in [0.25, 0.3) is 0 Å². The summed E-state index contributed by atoms with van der Waals surface area (Å²) < 4.78 is 5.34. The molecule has 0 unspecified atom stereocenters. The average Bonchev–Trinajstić information content (AvgIpc) is 2.17. The molecule has 0 heterocycles. The van der Waals surface area contributed by atoms with Crippen molar-refractivity contribution in [1.29, 1.82) is 0 Å². The van der Waals surface area contributed by atoms with Gasteiger partial charge in [0.05, 0.1) is 0 Å². The lowest BCUT2D eigenvalue weighted by Gasteiger charge is -2.07. The van der Waals surface area contributed by atoms with Crippen LogP contribution in [0.2, 0.25) is 0 Å². The molecular weight excluding hydrogens is 178 g/mol. The van der Waals surface area contributed by atoms with Crippen molar-refractivity contribution < 1.29 is 9.53 Å². The summed E-state index contributed by atoms with van der Waals surface area (Å²) >= 11 is 0. The number of likely N-dealkylation sites (N-methyl/N-ethyl adjacent to an activating group) is 1. The number of hydrogen-bond acceptors (Lipinski definition) is 2. The topological polar surface area (TPSA) is 38.3 Å². The molecule has 0 fully saturated rings. The maximum Gasteiger partial charge on any atom is 0.257 e. The lowest BCUT2D eigenvalue weighted by atomic mass is 10.2. The van der Waals surface area contributed by atoms with Crippen molar-refractivity contribution in [3.63, 3.8) is 0 Å². The van der Waals surface area contributed by atoms with Gasteiger partial charge in [0, 0.05) is 6.54 Å². The van der Waals surface area contributed by atoms with Crippen molar-refractivity contribution in [3.05, 3.63) is 29.8 Å². The molecule has 3 nitrogen and oxygen atoms in total. The van der Waals surface area contributed by atoms with Crippen LogP contribution in [0.1, 0.15) is 12.5 Å². The molecule has 0 radical (unpaired) electrons. The van der Waals surface area contributed by atoms with Crippen molar-refractivity contribution in [1.82, 2.24) is 5.32 Å². The van der Waals surface area contributed by atoms with E-state index in [1.165, 1.54) is 0 Å². The fourth-order valence-corrected chi connectivity index (χ4v) is 1.11. The van der Waals surface area contributed by atoms with Gasteiger partial charge in [-0.3, -0.25) is 4.79 Å². The van der Waals surface area contributed by atoms with E-state index >= 15 is 0 Å². The number of rotatable bonds is 4. The molecule has 0 aliphatic heterocycles. The maximum absolute atomic E-state index is 11.1. The number of nitrogens with one attached hydrogen (secondary N) is 1. The number of para-hydroxylation sites is 1. The van der Waals surface area contributed by atoms with Crippen molar-refractivity contribution in [2.75, 3.05) is 13.2 Å². The number of carbonyl (C=O) groups is 1. The van der Waals surface area contributed by atoms with Crippen LogP contribution in [0.4, 0.5) is 0 Å². The van der Waals surface area contributed by atoms with Crippen LogP contribution >= 0.6 is 0 Å². The zero-order valence-corrected chi connectivity index (χ0v) is 8.54. The Morgan fingerprint density at radius 2 is 2.14 bits per heavy atom. The monoisotopic (exact) mass is 193 g/mol. The number of carbonyl (C=O) groups excluding carboxylic acids is 1. The van der Waals surface area contributed by atoms with Gasteiger partial charge in [-0.15, -0.1) is 0 Å². The molecule has 0 saturated heterocycles. The smallest absolute Gasteiger partial charge is 0.257 e. The van der Waals surface area contributed by atoms with Crippen molar-refractivity contribution in [2.24, 2.45) is 0 Å². The first-order chi connectivity index (χ1) is 6.74. The summed E-state index contributed by atoms with van der Waals surface area (Å²) in [5, 5.41) is 2.67. The highest BCUT2D eigenvalue weighted by Crippen LogP contribution is 2.15. The highest BCUT2D eigenvalue weighted by molar-refractivity contribution is 5.77. The van der Waals surface area contributed by atoms with Crippen LogP contribution < -0.4 is 10.1 Å². The van der Waals surface area contributed by atoms with Crippen molar-refractivity contribution in [3.8, 4) is 5.75 Å². The molecule has 0 atom stereocenters. The molecule has 0 aliphatic rings. The molecule has 1 aromatic rings. The first-order valence-corrected chi connectivity index (χ1v) is 4.69. The molecule has 0 aromatic heterocycles. The SMILES string of the molecule is CCNC(=O)COc1ccccc1C. The van der Waals surface area contributed by atoms with Crippen LogP contribution in [0, 0.1) is 6.92 Å². The molecule has 1 amide bonds. The van der Waals surface area contributed by atoms with E-state index in [9.17, 15) is 4.79 Å². The van der Waals surface area contributed by atoms with E-state index in [2.05, 4.69) is 5.32 Å². The van der Waals surface area contributed by atoms with Gasteiger partial charge in [0.25, 0.3) is 5.91 Å². The van der Waals surface area contributed by atoms with E-state index in [4.69, 9.17) is 4.74 Å². The molecule has 1 aromatic carbocycles. The highest BCUT2D eigenvalue weighted by Gasteiger charge is 2.02. The maximum atomic E-state index is 11.1. The lowest BCUT2D eigenvalue weighted by Crippen LogP contribution is -2.28. The number of hydrogen-bond donors (Lipinski definition) is 1. The molecule has 14 heavy (non-hydrogen) atoms. The predicted molar refractivity (Wildman–Crippen MR) is 55.4 cm³/mol. The number of benzene rings is 1. The van der Waals surface area contributed by atoms with E-state index < -0.39 is 0 Å². The van der Waals surface area contributed by atoms with Gasteiger partial charge in [0.1, 0.15) is 5.75 Å². The Bertz CT molecular complexity index is 310. The minimum absolute atomic E-state index is 0.0820. The van der Waals surface area contributed by atoms with Crippen LogP contribution in [0.5, 0.6) is 5.75 Å². The first-order valence-electron chi connectivity index (χ1n) is 4.69. The summed E-state index contributed by atoms with van der Waals surface area (Å²) in [6, 6.07) is 7.63. The van der Waals surface area contributed by atoms with Gasteiger partial charge in [-0.1, -0.05) is 18.2 Å². The summed E-state index contributed by atoms with van der Waals surface area (Å²) in [5.74, 6) is 0.675. The molecule has 1 rings (SSSR count). The van der Waals surface area contributed by atoms with Gasteiger partial charge in [0.15, 0.2) is 6.61 Å². The third-order valence-electron chi connectivity index (χ3n) is 1.83. The normalized spacial score (nSPS) is 9.57. The highest BCUT2D eigenvalue weighted by atomic mass is 16.5. The molecule has 3 heteroatoms. The summed E-state index contributed by atoms with van der Waals surface area (Å²) in [6.45, 7) is 4.55. The molecule has 1 N–H and O–H groups in total. The third kappa shape index (κ3) is 3.09. The van der Waals surface area contributed by atoms with Gasteiger partial charge in [0.2, 0.25) is 0 Å². The van der Waals surface area contributed by atoms with Gasteiger partial charge < -0.3 is 10.1 Å². The predicted octanol–water partition coefficient (Wildman–Crippen LogP) is 1.51. The van der Waals surface area contributed by atoms with Crippen molar-refractivity contribution >= 4 is 5.91 Å². The Morgan fingerprint density at radius 1 is 1.43 bits per heavy atom. The molecule has 0 bridgehead atoms. The minimum atomic E-state index is -0.0873. The largest absolute Gasteiger partial charge is 0.484 e. The molecule has 76 valence electrons. The van der Waals surface area contributed by atoms with E-state index in [0.29, 0.717) is 6.54 Å². The first kappa shape index (κ1) is 10.6. The second kappa shape index (κ2) is 5.27. The fraction of sp³-hybridized carbons (Fsp3) is 0.364. The number of aryl methyl sites for hydroxylation is 1. The van der Waals surface area contributed by atoms with Crippen LogP contribution in [0.15, 0.2) is 24.3 Å². The van der Waals surface area contributed by atoms with Crippen LogP contribution in [-0.2, 0) is 4.79 Å². The average molecular weight is 193 g/mol. The van der Waals surface area contributed by atoms with E-state index in [-0.39, 0.29) is 12.5 Å². The second-order valence-corrected chi connectivity index (χ2v) is 3.01. The fourth-order valence-electron chi connectivity index (χ4n) is 1.11. The molecule has 0 saturated carbocycles. The van der Waals surface area contributed by atoms with Gasteiger partial charge in [-0.2, -0.15) is 0 Å². The van der Waals surface area contributed by atoms with E-state index in [0.717, 1.165) is 11.3 Å². The van der Waals surface area contributed by atoms with Crippen LogP contribution in [0.3, 0.4) is 0 Å². The van der Waals surface area contributed by atoms with Gasteiger partial charge in [-0.25, -0.2) is 0 Å². The van der Waals surface area contributed by atoms with Crippen molar-refractivity contribution in [2.45, 2.75) is 13.8 Å². The van der Waals surface area contributed by atoms with Crippen LogP contribution in [-0.4, -0.2) is 19.1 Å². The Hall–Kier alpha value is -1.51. The number of ether oxygens (including phenoxy) is 1. The zero-order chi connectivity index (χ0) is 10.4. The summed E-state index contributed by atoms with van der Waals surface area (Å²) in [7, 11) is 0. The molecule has 0 spiro atoms. The Morgan fingerprint density at radius 3 is 2.79 bits per heavy atom. The van der Waals surface area contributed by atoms with E-state index in [1.54, 1.807) is 0 Å². The summed E-state index contributed by atoms with van der Waals surface area (Å²) in [6.07, 6.45) is 0. The molecule has 0 aliphatic carbocycles. The Balaban J connectivity index is 2.46.